The van der Waals surface area contributed by atoms with Crippen LogP contribution in [0.1, 0.15) is 46.2 Å². The number of nitrogens with zero attached hydrogens (tertiary/aromatic N) is 7. The fourth-order valence-electron chi connectivity index (χ4n) is 4.88. The molecule has 0 radical (unpaired) electrons. The fourth-order valence-corrected chi connectivity index (χ4v) is 4.88. The van der Waals surface area contributed by atoms with Crippen LogP contribution >= 0.6 is 0 Å². The van der Waals surface area contributed by atoms with Gasteiger partial charge in [0.05, 0.1) is 36.5 Å². The molecule has 34 heavy (non-hydrogen) atoms. The third kappa shape index (κ3) is 4.27. The summed E-state index contributed by atoms with van der Waals surface area (Å²) < 4.78 is 5.51. The predicted octanol–water partition coefficient (Wildman–Crippen LogP) is 2.92. The Kier molecular flexibility index (Phi) is 6.03. The maximum absolute atomic E-state index is 12.9. The number of rotatable bonds is 4. The van der Waals surface area contributed by atoms with Crippen molar-refractivity contribution < 1.29 is 9.53 Å². The average molecular weight is 462 g/mol. The summed E-state index contributed by atoms with van der Waals surface area (Å²) in [5.41, 5.74) is 5.08. The third-order valence-corrected chi connectivity index (χ3v) is 6.49. The van der Waals surface area contributed by atoms with E-state index in [4.69, 9.17) is 24.7 Å². The molecule has 1 unspecified atom stereocenters. The highest BCUT2D eigenvalue weighted by Crippen LogP contribution is 2.38. The van der Waals surface area contributed by atoms with Crippen molar-refractivity contribution in [2.24, 2.45) is 0 Å². The molecule has 2 saturated heterocycles. The lowest BCUT2D eigenvalue weighted by Gasteiger charge is -2.29. The Morgan fingerprint density at radius 1 is 1.03 bits per heavy atom. The van der Waals surface area contributed by atoms with Gasteiger partial charge in [-0.25, -0.2) is 15.0 Å². The van der Waals surface area contributed by atoms with Crippen molar-refractivity contribution in [1.82, 2.24) is 24.8 Å². The molecular formula is C25H31N7O2. The van der Waals surface area contributed by atoms with Gasteiger partial charge < -0.3 is 19.4 Å². The van der Waals surface area contributed by atoms with Crippen LogP contribution < -0.4 is 9.80 Å². The molecule has 4 heterocycles. The van der Waals surface area contributed by atoms with Crippen molar-refractivity contribution in [3.63, 3.8) is 0 Å². The highest BCUT2D eigenvalue weighted by Gasteiger charge is 2.31. The summed E-state index contributed by atoms with van der Waals surface area (Å²) in [7, 11) is 3.54. The molecule has 2 aromatic heterocycles. The Bertz CT molecular complexity index is 1200. The minimum Gasteiger partial charge on any atom is -0.378 e. The van der Waals surface area contributed by atoms with Gasteiger partial charge in [-0.05, 0) is 44.9 Å². The second-order valence-electron chi connectivity index (χ2n) is 9.26. The maximum Gasteiger partial charge on any atom is 0.253 e. The largest absolute Gasteiger partial charge is 0.378 e. The number of benzene rings is 1. The summed E-state index contributed by atoms with van der Waals surface area (Å²) in [6.45, 7) is 7.80. The van der Waals surface area contributed by atoms with Gasteiger partial charge in [0.25, 0.3) is 5.91 Å². The number of aromatic nitrogens is 4. The van der Waals surface area contributed by atoms with Crippen LogP contribution in [0.15, 0.2) is 24.4 Å². The molecule has 2 aliphatic rings. The standard InChI is InChI=1S/C25H31N7O2/c1-16-12-17(2)28-25(27-16)32-7-5-6-21(32)19-13-18(24(33)30(3)4)14-20-23(19)29-22(15-26-20)31-8-10-34-11-9-31/h12-15,21H,5-11H2,1-4H3. The molecule has 0 spiro atoms. The number of carbonyl (C=O) groups is 1. The molecule has 0 saturated carbocycles. The van der Waals surface area contributed by atoms with Crippen molar-refractivity contribution in [2.45, 2.75) is 32.7 Å². The number of hydrogen-bond donors (Lipinski definition) is 0. The van der Waals surface area contributed by atoms with Crippen LogP contribution in [-0.4, -0.2) is 77.7 Å². The smallest absolute Gasteiger partial charge is 0.253 e. The number of aryl methyl sites for hydroxylation is 2. The molecule has 3 aromatic rings. The predicted molar refractivity (Wildman–Crippen MR) is 131 cm³/mol. The van der Waals surface area contributed by atoms with Crippen molar-refractivity contribution in [1.29, 1.82) is 0 Å². The minimum atomic E-state index is -0.0468. The first kappa shape index (κ1) is 22.5. The van der Waals surface area contributed by atoms with E-state index in [1.807, 2.05) is 32.0 Å². The van der Waals surface area contributed by atoms with Crippen LogP contribution in [0.3, 0.4) is 0 Å². The second-order valence-corrected chi connectivity index (χ2v) is 9.26. The zero-order valence-corrected chi connectivity index (χ0v) is 20.3. The number of anilines is 2. The molecule has 2 aliphatic heterocycles. The molecule has 1 amide bonds. The number of morpholine rings is 1. The lowest BCUT2D eigenvalue weighted by Crippen LogP contribution is -2.36. The first-order valence-corrected chi connectivity index (χ1v) is 11.8. The van der Waals surface area contributed by atoms with E-state index < -0.39 is 0 Å². The Hall–Kier alpha value is -3.33. The van der Waals surface area contributed by atoms with E-state index in [0.29, 0.717) is 18.8 Å². The van der Waals surface area contributed by atoms with Gasteiger partial charge in [0, 0.05) is 56.2 Å². The van der Waals surface area contributed by atoms with Crippen LogP contribution in [0.2, 0.25) is 0 Å². The summed E-state index contributed by atoms with van der Waals surface area (Å²) in [5, 5.41) is 0. The van der Waals surface area contributed by atoms with Gasteiger partial charge in [-0.3, -0.25) is 9.78 Å². The molecule has 0 aliphatic carbocycles. The molecule has 9 nitrogen and oxygen atoms in total. The van der Waals surface area contributed by atoms with Crippen molar-refractivity contribution in [2.75, 3.05) is 56.7 Å². The fraction of sp³-hybridized carbons (Fsp3) is 0.480. The topological polar surface area (TPSA) is 87.6 Å². The minimum absolute atomic E-state index is 0.0212. The molecular weight excluding hydrogens is 430 g/mol. The van der Waals surface area contributed by atoms with Crippen molar-refractivity contribution in [3.05, 3.63) is 46.9 Å². The third-order valence-electron chi connectivity index (χ3n) is 6.49. The van der Waals surface area contributed by atoms with Gasteiger partial charge in [0.15, 0.2) is 0 Å². The summed E-state index contributed by atoms with van der Waals surface area (Å²) in [4.78, 5) is 38.3. The normalized spacial score (nSPS) is 18.5. The molecule has 0 N–H and O–H groups in total. The Labute approximate surface area is 199 Å². The van der Waals surface area contributed by atoms with Gasteiger partial charge in [0.1, 0.15) is 5.82 Å². The van der Waals surface area contributed by atoms with E-state index in [9.17, 15) is 4.79 Å². The van der Waals surface area contributed by atoms with E-state index in [2.05, 4.69) is 9.80 Å². The SMILES string of the molecule is Cc1cc(C)nc(N2CCCC2c2cc(C(=O)N(C)C)cc3ncc(N4CCOCC4)nc23)n1. The molecule has 1 aromatic carbocycles. The molecule has 0 bridgehead atoms. The molecule has 1 atom stereocenters. The van der Waals surface area contributed by atoms with E-state index in [-0.39, 0.29) is 11.9 Å². The maximum atomic E-state index is 12.9. The van der Waals surface area contributed by atoms with Crippen LogP contribution in [0, 0.1) is 13.8 Å². The number of ether oxygens (including phenoxy) is 1. The number of hydrogen-bond acceptors (Lipinski definition) is 8. The van der Waals surface area contributed by atoms with Crippen molar-refractivity contribution >= 4 is 28.7 Å². The molecule has 5 rings (SSSR count). The summed E-state index contributed by atoms with van der Waals surface area (Å²) in [6.07, 6.45) is 3.76. The Morgan fingerprint density at radius 3 is 2.47 bits per heavy atom. The van der Waals surface area contributed by atoms with Crippen LogP contribution in [-0.2, 0) is 4.74 Å². The monoisotopic (exact) mass is 461 g/mol. The summed E-state index contributed by atoms with van der Waals surface area (Å²) in [5.74, 6) is 1.53. The first-order valence-electron chi connectivity index (χ1n) is 11.8. The van der Waals surface area contributed by atoms with Crippen LogP contribution in [0.25, 0.3) is 11.0 Å². The summed E-state index contributed by atoms with van der Waals surface area (Å²) >= 11 is 0. The molecule has 2 fully saturated rings. The van der Waals surface area contributed by atoms with E-state index in [1.165, 1.54) is 0 Å². The zero-order chi connectivity index (χ0) is 23.8. The van der Waals surface area contributed by atoms with Gasteiger partial charge in [-0.15, -0.1) is 0 Å². The number of fused-ring (bicyclic) bond motifs is 1. The van der Waals surface area contributed by atoms with Crippen LogP contribution in [0.4, 0.5) is 11.8 Å². The van der Waals surface area contributed by atoms with Gasteiger partial charge >= 0.3 is 0 Å². The molecule has 178 valence electrons. The van der Waals surface area contributed by atoms with Gasteiger partial charge in [0.2, 0.25) is 5.95 Å². The lowest BCUT2D eigenvalue weighted by molar-refractivity contribution is 0.0827. The van der Waals surface area contributed by atoms with Crippen molar-refractivity contribution in [3.8, 4) is 0 Å². The van der Waals surface area contributed by atoms with Gasteiger partial charge in [-0.1, -0.05) is 0 Å². The van der Waals surface area contributed by atoms with Gasteiger partial charge in [-0.2, -0.15) is 0 Å². The lowest BCUT2D eigenvalue weighted by atomic mass is 9.99. The van der Waals surface area contributed by atoms with E-state index >= 15 is 0 Å². The van der Waals surface area contributed by atoms with E-state index in [0.717, 1.165) is 72.2 Å². The highest BCUT2D eigenvalue weighted by molar-refractivity contribution is 5.98. The number of carbonyl (C=O) groups excluding carboxylic acids is 1. The number of amides is 1. The van der Waals surface area contributed by atoms with Crippen LogP contribution in [0.5, 0.6) is 0 Å². The molecule has 9 heteroatoms. The zero-order valence-electron chi connectivity index (χ0n) is 20.3. The second kappa shape index (κ2) is 9.13. The average Bonchev–Trinajstić information content (AvgIpc) is 3.32. The quantitative estimate of drug-likeness (QED) is 0.586. The Morgan fingerprint density at radius 2 is 1.76 bits per heavy atom. The highest BCUT2D eigenvalue weighted by atomic mass is 16.5. The first-order chi connectivity index (χ1) is 16.4. The summed E-state index contributed by atoms with van der Waals surface area (Å²) in [6, 6.07) is 5.85. The Balaban J connectivity index is 1.64. The van der Waals surface area contributed by atoms with E-state index in [1.54, 1.807) is 25.2 Å².